The first-order chi connectivity index (χ1) is 16.4. The summed E-state index contributed by atoms with van der Waals surface area (Å²) in [6.45, 7) is 3.50. The van der Waals surface area contributed by atoms with Crippen molar-refractivity contribution in [1.29, 1.82) is 0 Å². The molecular weight excluding hydrogens is 458 g/mol. The topological polar surface area (TPSA) is 88.2 Å². The number of anilines is 1. The fourth-order valence-corrected chi connectivity index (χ4v) is 3.63. The van der Waals surface area contributed by atoms with Crippen LogP contribution in [0, 0.1) is 0 Å². The highest BCUT2D eigenvalue weighted by molar-refractivity contribution is 6.30. The fourth-order valence-electron chi connectivity index (χ4n) is 3.44. The first kappa shape index (κ1) is 25.1. The van der Waals surface area contributed by atoms with Crippen LogP contribution in [-0.2, 0) is 19.1 Å². The standard InChI is InChI=1S/C25H28ClN3O5/c1-18(27-23(30)11-8-19-6-9-22(33-2)10-7-19)25(32)34-17-24(31)29-14-12-28(13-15-29)21-5-3-4-20(26)16-21/h3-11,16,18H,12-15,17H2,1-2H3,(H,27,30)/b11-8+/t18-/m0/s1. The molecule has 0 aromatic heterocycles. The highest BCUT2D eigenvalue weighted by Gasteiger charge is 2.23. The number of piperazine rings is 1. The van der Waals surface area contributed by atoms with Gasteiger partial charge in [0.25, 0.3) is 5.91 Å². The molecule has 0 aliphatic carbocycles. The minimum Gasteiger partial charge on any atom is -0.497 e. The summed E-state index contributed by atoms with van der Waals surface area (Å²) in [5.41, 5.74) is 1.82. The van der Waals surface area contributed by atoms with Crippen molar-refractivity contribution in [2.75, 3.05) is 44.8 Å². The van der Waals surface area contributed by atoms with Gasteiger partial charge < -0.3 is 24.6 Å². The van der Waals surface area contributed by atoms with E-state index < -0.39 is 17.9 Å². The maximum Gasteiger partial charge on any atom is 0.328 e. The Morgan fingerprint density at radius 2 is 1.79 bits per heavy atom. The Kier molecular flexibility index (Phi) is 8.93. The minimum absolute atomic E-state index is 0.267. The molecule has 3 rings (SSSR count). The Morgan fingerprint density at radius 3 is 2.44 bits per heavy atom. The zero-order valence-electron chi connectivity index (χ0n) is 19.2. The molecule has 8 nitrogen and oxygen atoms in total. The molecule has 34 heavy (non-hydrogen) atoms. The first-order valence-corrected chi connectivity index (χ1v) is 11.3. The number of rotatable bonds is 8. The monoisotopic (exact) mass is 485 g/mol. The van der Waals surface area contributed by atoms with Gasteiger partial charge in [0.2, 0.25) is 5.91 Å². The normalized spacial score (nSPS) is 14.6. The van der Waals surface area contributed by atoms with Crippen LogP contribution in [0.15, 0.2) is 54.6 Å². The van der Waals surface area contributed by atoms with Gasteiger partial charge in [-0.15, -0.1) is 0 Å². The van der Waals surface area contributed by atoms with Crippen LogP contribution in [-0.4, -0.2) is 68.6 Å². The predicted molar refractivity (Wildman–Crippen MR) is 131 cm³/mol. The SMILES string of the molecule is COc1ccc(/C=C/C(=O)N[C@@H](C)C(=O)OCC(=O)N2CCN(c3cccc(Cl)c3)CC2)cc1. The van der Waals surface area contributed by atoms with Gasteiger partial charge in [-0.25, -0.2) is 4.79 Å². The van der Waals surface area contributed by atoms with Crippen LogP contribution < -0.4 is 15.0 Å². The summed E-state index contributed by atoms with van der Waals surface area (Å²) in [7, 11) is 1.58. The van der Waals surface area contributed by atoms with Crippen molar-refractivity contribution in [3.8, 4) is 5.75 Å². The van der Waals surface area contributed by atoms with Crippen molar-refractivity contribution < 1.29 is 23.9 Å². The van der Waals surface area contributed by atoms with E-state index in [0.29, 0.717) is 31.2 Å². The molecule has 9 heteroatoms. The summed E-state index contributed by atoms with van der Waals surface area (Å²) < 4.78 is 10.2. The average molecular weight is 486 g/mol. The lowest BCUT2D eigenvalue weighted by molar-refractivity contribution is -0.154. The molecule has 1 atom stereocenters. The van der Waals surface area contributed by atoms with Crippen LogP contribution >= 0.6 is 11.6 Å². The molecule has 0 radical (unpaired) electrons. The molecule has 0 saturated carbocycles. The van der Waals surface area contributed by atoms with Crippen LogP contribution in [0.2, 0.25) is 5.02 Å². The third-order valence-corrected chi connectivity index (χ3v) is 5.63. The summed E-state index contributed by atoms with van der Waals surface area (Å²) in [6, 6.07) is 13.9. The van der Waals surface area contributed by atoms with Crippen LogP contribution in [0.4, 0.5) is 5.69 Å². The molecule has 0 spiro atoms. The van der Waals surface area contributed by atoms with Gasteiger partial charge in [0.15, 0.2) is 6.61 Å². The highest BCUT2D eigenvalue weighted by Crippen LogP contribution is 2.20. The number of esters is 1. The van der Waals surface area contributed by atoms with E-state index in [9.17, 15) is 14.4 Å². The lowest BCUT2D eigenvalue weighted by atomic mass is 10.2. The van der Waals surface area contributed by atoms with E-state index in [1.165, 1.54) is 13.0 Å². The van der Waals surface area contributed by atoms with Crippen LogP contribution in [0.25, 0.3) is 6.08 Å². The van der Waals surface area contributed by atoms with Gasteiger partial charge in [-0.05, 0) is 48.9 Å². The summed E-state index contributed by atoms with van der Waals surface area (Å²) in [5, 5.41) is 3.20. The molecule has 1 heterocycles. The Bertz CT molecular complexity index is 1030. The number of hydrogen-bond acceptors (Lipinski definition) is 6. The second kappa shape index (κ2) is 12.1. The van der Waals surface area contributed by atoms with Crippen molar-refractivity contribution in [3.05, 3.63) is 65.2 Å². The first-order valence-electron chi connectivity index (χ1n) is 10.9. The van der Waals surface area contributed by atoms with Crippen LogP contribution in [0.3, 0.4) is 0 Å². The molecule has 1 fully saturated rings. The van der Waals surface area contributed by atoms with E-state index in [2.05, 4.69) is 10.2 Å². The largest absolute Gasteiger partial charge is 0.497 e. The maximum absolute atomic E-state index is 12.5. The molecule has 1 aliphatic rings. The smallest absolute Gasteiger partial charge is 0.328 e. The van der Waals surface area contributed by atoms with Gasteiger partial charge >= 0.3 is 5.97 Å². The minimum atomic E-state index is -0.888. The van der Waals surface area contributed by atoms with E-state index in [1.807, 2.05) is 24.3 Å². The number of methoxy groups -OCH3 is 1. The summed E-state index contributed by atoms with van der Waals surface area (Å²) in [4.78, 5) is 40.6. The van der Waals surface area contributed by atoms with Crippen molar-refractivity contribution in [2.24, 2.45) is 0 Å². The second-order valence-corrected chi connectivity index (χ2v) is 8.23. The number of carbonyl (C=O) groups excluding carboxylic acids is 3. The quantitative estimate of drug-likeness (QED) is 0.457. The molecule has 2 aromatic rings. The number of carbonyl (C=O) groups is 3. The van der Waals surface area contributed by atoms with E-state index >= 15 is 0 Å². The maximum atomic E-state index is 12.5. The summed E-state index contributed by atoms with van der Waals surface area (Å²) >= 11 is 6.05. The van der Waals surface area contributed by atoms with E-state index in [0.717, 1.165) is 17.0 Å². The molecule has 0 unspecified atom stereocenters. The van der Waals surface area contributed by atoms with Gasteiger partial charge in [0.1, 0.15) is 11.8 Å². The van der Waals surface area contributed by atoms with Crippen molar-refractivity contribution >= 4 is 41.1 Å². The van der Waals surface area contributed by atoms with E-state index in [1.54, 1.807) is 42.4 Å². The van der Waals surface area contributed by atoms with Gasteiger partial charge in [0.05, 0.1) is 7.11 Å². The summed E-state index contributed by atoms with van der Waals surface area (Å²) in [5.74, 6) is -0.659. The van der Waals surface area contributed by atoms with Crippen molar-refractivity contribution in [2.45, 2.75) is 13.0 Å². The Hall–Kier alpha value is -3.52. The average Bonchev–Trinajstić information content (AvgIpc) is 2.86. The molecule has 0 bridgehead atoms. The number of hydrogen-bond donors (Lipinski definition) is 1. The molecule has 1 saturated heterocycles. The molecule has 1 aliphatic heterocycles. The third kappa shape index (κ3) is 7.25. The lowest BCUT2D eigenvalue weighted by Crippen LogP contribution is -2.50. The third-order valence-electron chi connectivity index (χ3n) is 5.40. The van der Waals surface area contributed by atoms with Gasteiger partial charge in [-0.1, -0.05) is 29.8 Å². The molecular formula is C25H28ClN3O5. The number of nitrogens with one attached hydrogen (secondary N) is 1. The van der Waals surface area contributed by atoms with Gasteiger partial charge in [-0.3, -0.25) is 9.59 Å². The molecule has 1 N–H and O–H groups in total. The number of benzene rings is 2. The zero-order chi connectivity index (χ0) is 24.5. The summed E-state index contributed by atoms with van der Waals surface area (Å²) in [6.07, 6.45) is 2.95. The Labute approximate surface area is 204 Å². The predicted octanol–water partition coefficient (Wildman–Crippen LogP) is 2.76. The molecule has 180 valence electrons. The number of nitrogens with zero attached hydrogens (tertiary/aromatic N) is 2. The zero-order valence-corrected chi connectivity index (χ0v) is 20.0. The Balaban J connectivity index is 1.39. The molecule has 2 amide bonds. The fraction of sp³-hybridized carbons (Fsp3) is 0.320. The van der Waals surface area contributed by atoms with E-state index in [4.69, 9.17) is 21.1 Å². The van der Waals surface area contributed by atoms with Crippen molar-refractivity contribution in [1.82, 2.24) is 10.2 Å². The molecule has 2 aromatic carbocycles. The van der Waals surface area contributed by atoms with Crippen molar-refractivity contribution in [3.63, 3.8) is 0 Å². The van der Waals surface area contributed by atoms with E-state index in [-0.39, 0.29) is 12.5 Å². The highest BCUT2D eigenvalue weighted by atomic mass is 35.5. The van der Waals surface area contributed by atoms with Crippen LogP contribution in [0.5, 0.6) is 5.75 Å². The Morgan fingerprint density at radius 1 is 1.09 bits per heavy atom. The number of ether oxygens (including phenoxy) is 2. The number of amides is 2. The van der Waals surface area contributed by atoms with Crippen LogP contribution in [0.1, 0.15) is 12.5 Å². The second-order valence-electron chi connectivity index (χ2n) is 7.79. The number of halogens is 1. The van der Waals surface area contributed by atoms with Gasteiger partial charge in [0, 0.05) is 43.0 Å². The lowest BCUT2D eigenvalue weighted by Gasteiger charge is -2.36. The van der Waals surface area contributed by atoms with Gasteiger partial charge in [-0.2, -0.15) is 0 Å².